The van der Waals surface area contributed by atoms with E-state index in [1.54, 1.807) is 0 Å². The first-order valence-corrected chi connectivity index (χ1v) is 20.0. The molecule has 2 aliphatic rings. The van der Waals surface area contributed by atoms with E-state index < -0.39 is 0 Å². The maximum Gasteiger partial charge on any atom is 0.259 e. The van der Waals surface area contributed by atoms with E-state index in [1.165, 1.54) is 99.1 Å². The molecule has 11 aromatic rings. The largest absolute Gasteiger partial charge is 0.458 e. The van der Waals surface area contributed by atoms with Crippen molar-refractivity contribution in [3.63, 3.8) is 0 Å². The van der Waals surface area contributed by atoms with Crippen molar-refractivity contribution in [1.82, 2.24) is 9.13 Å². The van der Waals surface area contributed by atoms with Crippen LogP contribution in [0.15, 0.2) is 200 Å². The van der Waals surface area contributed by atoms with E-state index in [4.69, 9.17) is 4.74 Å². The van der Waals surface area contributed by atoms with Crippen molar-refractivity contribution in [3.05, 3.63) is 200 Å². The van der Waals surface area contributed by atoms with Crippen LogP contribution in [0.25, 0.3) is 88.4 Å². The van der Waals surface area contributed by atoms with Crippen LogP contribution in [-0.4, -0.2) is 15.8 Å². The van der Waals surface area contributed by atoms with E-state index in [1.807, 2.05) is 0 Å². The fourth-order valence-electron chi connectivity index (χ4n) is 10.1. The lowest BCUT2D eigenvalue weighted by atomic mass is 9.34. The maximum absolute atomic E-state index is 6.74. The molecule has 9 aromatic carbocycles. The summed E-state index contributed by atoms with van der Waals surface area (Å²) in [4.78, 5) is 0. The fourth-order valence-corrected chi connectivity index (χ4v) is 10.1. The Kier molecular flexibility index (Phi) is 6.53. The highest BCUT2D eigenvalue weighted by atomic mass is 16.5. The molecule has 0 spiro atoms. The Hall–Kier alpha value is -7.56. The zero-order valence-electron chi connectivity index (χ0n) is 31.4. The molecule has 0 saturated carbocycles. The Balaban J connectivity index is 1.14. The monoisotopic (exact) mass is 736 g/mol. The highest BCUT2D eigenvalue weighted by molar-refractivity contribution is 7.00. The third-order valence-electron chi connectivity index (χ3n) is 12.5. The normalized spacial score (nSPS) is 12.6. The van der Waals surface area contributed by atoms with Crippen LogP contribution >= 0.6 is 0 Å². The minimum absolute atomic E-state index is 0.0265. The molecule has 268 valence electrons. The third-order valence-corrected chi connectivity index (χ3v) is 12.5. The number of para-hydroxylation sites is 3. The number of rotatable bonds is 4. The second-order valence-corrected chi connectivity index (χ2v) is 15.6. The molecule has 0 aliphatic carbocycles. The first kappa shape index (κ1) is 31.6. The molecule has 4 heteroatoms. The lowest BCUT2D eigenvalue weighted by Crippen LogP contribution is -2.58. The van der Waals surface area contributed by atoms with Crippen LogP contribution in [0.1, 0.15) is 0 Å². The first-order valence-electron chi connectivity index (χ1n) is 20.0. The quantitative estimate of drug-likeness (QED) is 0.165. The van der Waals surface area contributed by atoms with Gasteiger partial charge in [-0.05, 0) is 116 Å². The highest BCUT2D eigenvalue weighted by Crippen LogP contribution is 2.43. The van der Waals surface area contributed by atoms with Crippen LogP contribution in [0.4, 0.5) is 0 Å². The highest BCUT2D eigenvalue weighted by Gasteiger charge is 2.42. The van der Waals surface area contributed by atoms with Crippen LogP contribution in [0, 0.1) is 0 Å². The van der Waals surface area contributed by atoms with E-state index in [0.29, 0.717) is 0 Å². The van der Waals surface area contributed by atoms with Gasteiger partial charge in [0.1, 0.15) is 11.5 Å². The number of hydrogen-bond acceptors (Lipinski definition) is 1. The first-order chi connectivity index (χ1) is 28.8. The molecular formula is C54H33BN2O. The second kappa shape index (κ2) is 12.0. The third kappa shape index (κ3) is 4.40. The van der Waals surface area contributed by atoms with Crippen LogP contribution in [0.5, 0.6) is 11.5 Å². The van der Waals surface area contributed by atoms with Crippen LogP contribution in [0.2, 0.25) is 0 Å². The summed E-state index contributed by atoms with van der Waals surface area (Å²) in [7, 11) is 0. The summed E-state index contributed by atoms with van der Waals surface area (Å²) >= 11 is 0. The Morgan fingerprint density at radius 1 is 0.345 bits per heavy atom. The number of ether oxygens (including phenoxy) is 1. The summed E-state index contributed by atoms with van der Waals surface area (Å²) in [5, 5.41) is 5.04. The summed E-state index contributed by atoms with van der Waals surface area (Å²) in [5.74, 6) is 1.84. The number of nitrogens with zero attached hydrogens (tertiary/aromatic N) is 2. The van der Waals surface area contributed by atoms with Gasteiger partial charge >= 0.3 is 0 Å². The minimum Gasteiger partial charge on any atom is -0.458 e. The Morgan fingerprint density at radius 2 is 0.879 bits per heavy atom. The van der Waals surface area contributed by atoms with E-state index >= 15 is 0 Å². The zero-order valence-corrected chi connectivity index (χ0v) is 31.4. The van der Waals surface area contributed by atoms with Gasteiger partial charge in [-0.25, -0.2) is 0 Å². The molecule has 0 saturated heterocycles. The molecule has 13 rings (SSSR count). The summed E-state index contributed by atoms with van der Waals surface area (Å²) in [6.45, 7) is -0.0265. The Bertz CT molecular complexity index is 3430. The van der Waals surface area contributed by atoms with Crippen LogP contribution < -0.4 is 21.1 Å². The lowest BCUT2D eigenvalue weighted by molar-refractivity contribution is 0.487. The molecule has 2 aliphatic heterocycles. The van der Waals surface area contributed by atoms with Crippen molar-refractivity contribution < 1.29 is 4.74 Å². The molecule has 58 heavy (non-hydrogen) atoms. The van der Waals surface area contributed by atoms with Gasteiger partial charge in [-0.1, -0.05) is 133 Å². The molecular weight excluding hydrogens is 703 g/mol. The summed E-state index contributed by atoms with van der Waals surface area (Å²) in [5.41, 5.74) is 18.1. The lowest BCUT2D eigenvalue weighted by Gasteiger charge is -2.33. The van der Waals surface area contributed by atoms with E-state index in [2.05, 4.69) is 209 Å². The van der Waals surface area contributed by atoms with E-state index in [-0.39, 0.29) is 6.71 Å². The van der Waals surface area contributed by atoms with Gasteiger partial charge in [0.2, 0.25) is 0 Å². The maximum atomic E-state index is 6.74. The van der Waals surface area contributed by atoms with Gasteiger partial charge in [0.15, 0.2) is 0 Å². The van der Waals surface area contributed by atoms with Gasteiger partial charge in [-0.15, -0.1) is 0 Å². The molecule has 0 atom stereocenters. The Morgan fingerprint density at radius 3 is 1.59 bits per heavy atom. The Labute approximate surface area is 335 Å². The van der Waals surface area contributed by atoms with Crippen molar-refractivity contribution in [2.24, 2.45) is 0 Å². The average Bonchev–Trinajstić information content (AvgIpc) is 3.81. The fraction of sp³-hybridized carbons (Fsp3) is 0. The summed E-state index contributed by atoms with van der Waals surface area (Å²) < 4.78 is 11.8. The van der Waals surface area contributed by atoms with Crippen molar-refractivity contribution >= 4 is 66.7 Å². The van der Waals surface area contributed by atoms with E-state index in [0.717, 1.165) is 17.2 Å². The number of fused-ring (bicyclic) bond motifs is 11. The summed E-state index contributed by atoms with van der Waals surface area (Å²) in [6.07, 6.45) is 0. The van der Waals surface area contributed by atoms with Crippen LogP contribution in [-0.2, 0) is 0 Å². The van der Waals surface area contributed by atoms with Gasteiger partial charge in [-0.2, -0.15) is 0 Å². The molecule has 3 nitrogen and oxygen atoms in total. The van der Waals surface area contributed by atoms with Gasteiger partial charge < -0.3 is 13.9 Å². The standard InChI is InChI=1S/C54H33BN2O/c1-3-15-34(16-4-1)37-29-38(35-17-5-2-6-18-35)31-39(30-37)36-19-13-20-40(32-36)56-46-24-10-7-21-41(46)43-33-44-42-22-8-11-25-47(42)57-48-26-14-28-50-51(48)55(52(53(43)56)54(44)57)45-23-9-12-27-49(45)58-50/h1-33H. The topological polar surface area (TPSA) is 19.1 Å². The van der Waals surface area contributed by atoms with Crippen molar-refractivity contribution in [3.8, 4) is 56.3 Å². The van der Waals surface area contributed by atoms with E-state index in [9.17, 15) is 0 Å². The predicted molar refractivity (Wildman–Crippen MR) is 243 cm³/mol. The molecule has 2 aromatic heterocycles. The van der Waals surface area contributed by atoms with Gasteiger partial charge in [0.05, 0.1) is 22.1 Å². The molecule has 0 bridgehead atoms. The van der Waals surface area contributed by atoms with Crippen LogP contribution in [0.3, 0.4) is 0 Å². The molecule has 0 N–H and O–H groups in total. The molecule has 0 amide bonds. The van der Waals surface area contributed by atoms with Crippen molar-refractivity contribution in [1.29, 1.82) is 0 Å². The molecule has 4 heterocycles. The van der Waals surface area contributed by atoms with Gasteiger partial charge in [0, 0.05) is 32.9 Å². The smallest absolute Gasteiger partial charge is 0.259 e. The van der Waals surface area contributed by atoms with Gasteiger partial charge in [-0.3, -0.25) is 0 Å². The number of aromatic nitrogens is 2. The van der Waals surface area contributed by atoms with Crippen molar-refractivity contribution in [2.75, 3.05) is 0 Å². The SMILES string of the molecule is c1ccc(-c2cc(-c3ccccc3)cc(-c3cccc(-n4c5ccccc5c5cc6c7ccccc7n7c6c(c54)B4c5ccccc5Oc5cccc-7c54)c3)c2)cc1. The van der Waals surface area contributed by atoms with Gasteiger partial charge in [0.25, 0.3) is 6.71 Å². The number of hydrogen-bond donors (Lipinski definition) is 0. The average molecular weight is 737 g/mol. The molecule has 0 radical (unpaired) electrons. The molecule has 0 fully saturated rings. The second-order valence-electron chi connectivity index (χ2n) is 15.6. The zero-order chi connectivity index (χ0) is 37.9. The van der Waals surface area contributed by atoms with Crippen molar-refractivity contribution in [2.45, 2.75) is 0 Å². The summed E-state index contributed by atoms with van der Waals surface area (Å²) in [6, 6.07) is 73.1. The number of benzene rings is 9. The minimum atomic E-state index is -0.0265. The predicted octanol–water partition coefficient (Wildman–Crippen LogP) is 11.8. The molecule has 0 unspecified atom stereocenters.